The quantitative estimate of drug-likeness (QED) is 0.395. The van der Waals surface area contributed by atoms with E-state index < -0.39 is 0 Å². The Balaban J connectivity index is 2.20. The number of hydrogen-bond acceptors (Lipinski definition) is 6. The third-order valence-corrected chi connectivity index (χ3v) is 4.44. The molecule has 26 heavy (non-hydrogen) atoms. The molecule has 1 aromatic carbocycles. The fraction of sp³-hybridized carbons (Fsp3) is 0.200. The number of nitrogens with one attached hydrogen (secondary N) is 1. The first-order valence-electron chi connectivity index (χ1n) is 8.08. The largest absolute Gasteiger partial charge is 0.497 e. The van der Waals surface area contributed by atoms with Crippen molar-refractivity contribution in [2.75, 3.05) is 26.5 Å². The minimum atomic E-state index is 0.525. The summed E-state index contributed by atoms with van der Waals surface area (Å²) in [5, 5.41) is 3.33. The molecule has 1 N–H and O–H groups in total. The topological polar surface area (TPSA) is 50.3 Å². The minimum absolute atomic E-state index is 0.525. The van der Waals surface area contributed by atoms with E-state index in [1.54, 1.807) is 25.1 Å². The molecule has 5 nitrogen and oxygen atoms in total. The summed E-state index contributed by atoms with van der Waals surface area (Å²) in [6.07, 6.45) is 5.01. The van der Waals surface area contributed by atoms with Crippen LogP contribution in [0.4, 0.5) is 11.5 Å². The molecule has 0 spiro atoms. The second-order valence-corrected chi connectivity index (χ2v) is 6.92. The highest BCUT2D eigenvalue weighted by atomic mass is 32.2. The van der Waals surface area contributed by atoms with E-state index >= 15 is 0 Å². The number of nitrogens with zero attached hydrogens (tertiary/aromatic N) is 3. The molecule has 1 heterocycles. The van der Waals surface area contributed by atoms with E-state index in [0.29, 0.717) is 17.3 Å². The normalized spacial score (nSPS) is 11.3. The van der Waals surface area contributed by atoms with Crippen LogP contribution in [-0.2, 0) is 10.5 Å². The molecule has 0 aliphatic heterocycles. The van der Waals surface area contributed by atoms with Crippen LogP contribution in [0.25, 0.3) is 5.57 Å². The molecule has 0 aliphatic carbocycles. The van der Waals surface area contributed by atoms with Crippen LogP contribution in [0.15, 0.2) is 67.7 Å². The molecule has 136 valence electrons. The van der Waals surface area contributed by atoms with Gasteiger partial charge in [-0.15, -0.1) is 0 Å². The van der Waals surface area contributed by atoms with E-state index in [0.717, 1.165) is 17.0 Å². The van der Waals surface area contributed by atoms with E-state index in [1.807, 2.05) is 38.4 Å². The molecule has 0 amide bonds. The lowest BCUT2D eigenvalue weighted by molar-refractivity contribution is 0.312. The Morgan fingerprint density at radius 1 is 1.31 bits per heavy atom. The van der Waals surface area contributed by atoms with Gasteiger partial charge in [-0.1, -0.05) is 43.3 Å². The van der Waals surface area contributed by atoms with Crippen LogP contribution < -0.4 is 5.32 Å². The van der Waals surface area contributed by atoms with Gasteiger partial charge < -0.3 is 10.1 Å². The van der Waals surface area contributed by atoms with Gasteiger partial charge in [-0.2, -0.15) is 0 Å². The lowest BCUT2D eigenvalue weighted by atomic mass is 10.1. The van der Waals surface area contributed by atoms with Crippen LogP contribution in [0.1, 0.15) is 11.3 Å². The second-order valence-electron chi connectivity index (χ2n) is 5.64. The molecule has 0 radical (unpaired) electrons. The molecule has 0 saturated heterocycles. The fourth-order valence-electron chi connectivity index (χ4n) is 2.21. The van der Waals surface area contributed by atoms with Crippen molar-refractivity contribution in [1.29, 1.82) is 0 Å². The van der Waals surface area contributed by atoms with Gasteiger partial charge >= 0.3 is 0 Å². The molecule has 0 atom stereocenters. The van der Waals surface area contributed by atoms with Gasteiger partial charge in [0.25, 0.3) is 0 Å². The molecule has 0 unspecified atom stereocenters. The lowest BCUT2D eigenvalue weighted by Crippen LogP contribution is -2.01. The van der Waals surface area contributed by atoms with Crippen LogP contribution in [-0.4, -0.2) is 35.5 Å². The van der Waals surface area contributed by atoms with Crippen molar-refractivity contribution in [3.63, 3.8) is 0 Å². The molecule has 0 fully saturated rings. The Bertz CT molecular complexity index is 802. The van der Waals surface area contributed by atoms with Gasteiger partial charge in [0, 0.05) is 23.1 Å². The molecule has 0 aliphatic rings. The number of anilines is 2. The Kier molecular flexibility index (Phi) is 7.44. The standard InChI is InChI=1S/C20H24N4OS/c1-6-8-18(15(2)25-5)19-12-20(22-14-21-19)23-17-10-7-9-16(11-17)13-26-24(3)4/h6-12,14H,1-2,13H2,3-5H3,(H,21,22,23)/b18-8+. The Morgan fingerprint density at radius 2 is 2.12 bits per heavy atom. The summed E-state index contributed by atoms with van der Waals surface area (Å²) in [5.41, 5.74) is 3.70. The molecule has 1 aromatic heterocycles. The third-order valence-electron chi connectivity index (χ3n) is 3.46. The molecule has 2 rings (SSSR count). The first-order valence-corrected chi connectivity index (χ1v) is 9.02. The summed E-state index contributed by atoms with van der Waals surface area (Å²) in [5.74, 6) is 2.14. The Labute approximate surface area is 159 Å². The SMILES string of the molecule is C=C/C=C(\C(=C)OC)c1cc(Nc2cccc(CSN(C)C)c2)ncn1. The zero-order valence-corrected chi connectivity index (χ0v) is 16.2. The summed E-state index contributed by atoms with van der Waals surface area (Å²) in [6.45, 7) is 7.64. The number of aromatic nitrogens is 2. The van der Waals surface area contributed by atoms with Crippen molar-refractivity contribution in [2.24, 2.45) is 0 Å². The van der Waals surface area contributed by atoms with Gasteiger partial charge in [0.1, 0.15) is 17.9 Å². The zero-order valence-electron chi connectivity index (χ0n) is 15.4. The van der Waals surface area contributed by atoms with Gasteiger partial charge in [0.05, 0.1) is 12.8 Å². The van der Waals surface area contributed by atoms with Crippen molar-refractivity contribution in [3.8, 4) is 0 Å². The molecular weight excluding hydrogens is 344 g/mol. The summed E-state index contributed by atoms with van der Waals surface area (Å²) in [7, 11) is 5.66. The molecule has 2 aromatic rings. The predicted molar refractivity (Wildman–Crippen MR) is 111 cm³/mol. The molecule has 6 heteroatoms. The number of methoxy groups -OCH3 is 1. The van der Waals surface area contributed by atoms with Crippen molar-refractivity contribution >= 4 is 29.0 Å². The van der Waals surface area contributed by atoms with Crippen molar-refractivity contribution in [1.82, 2.24) is 14.3 Å². The summed E-state index contributed by atoms with van der Waals surface area (Å²) >= 11 is 1.76. The monoisotopic (exact) mass is 368 g/mol. The molecular formula is C20H24N4OS. The van der Waals surface area contributed by atoms with Crippen molar-refractivity contribution < 1.29 is 4.74 Å². The fourth-order valence-corrected chi connectivity index (χ4v) is 2.80. The Morgan fingerprint density at radius 3 is 2.81 bits per heavy atom. The smallest absolute Gasteiger partial charge is 0.134 e. The number of allylic oxidation sites excluding steroid dienone is 3. The van der Waals surface area contributed by atoms with E-state index in [9.17, 15) is 0 Å². The minimum Gasteiger partial charge on any atom is -0.497 e. The highest BCUT2D eigenvalue weighted by molar-refractivity contribution is 7.96. The maximum atomic E-state index is 5.24. The average molecular weight is 369 g/mol. The maximum Gasteiger partial charge on any atom is 0.134 e. The van der Waals surface area contributed by atoms with Gasteiger partial charge in [-0.05, 0) is 37.9 Å². The van der Waals surface area contributed by atoms with Gasteiger partial charge in [0.15, 0.2) is 0 Å². The first kappa shape index (κ1) is 19.8. The summed E-state index contributed by atoms with van der Waals surface area (Å²) < 4.78 is 7.33. The molecule has 0 bridgehead atoms. The summed E-state index contributed by atoms with van der Waals surface area (Å²) in [6, 6.07) is 10.1. The number of hydrogen-bond donors (Lipinski definition) is 1. The van der Waals surface area contributed by atoms with E-state index in [-0.39, 0.29) is 0 Å². The lowest BCUT2D eigenvalue weighted by Gasteiger charge is -2.12. The molecule has 0 saturated carbocycles. The van der Waals surface area contributed by atoms with Crippen LogP contribution in [0.3, 0.4) is 0 Å². The van der Waals surface area contributed by atoms with Crippen LogP contribution >= 0.6 is 11.9 Å². The number of rotatable bonds is 9. The maximum absolute atomic E-state index is 5.24. The van der Waals surface area contributed by atoms with Gasteiger partial charge in [0.2, 0.25) is 0 Å². The van der Waals surface area contributed by atoms with E-state index in [2.05, 4.69) is 44.9 Å². The van der Waals surface area contributed by atoms with Crippen LogP contribution in [0.2, 0.25) is 0 Å². The highest BCUT2D eigenvalue weighted by Crippen LogP contribution is 2.24. The zero-order chi connectivity index (χ0) is 18.9. The van der Waals surface area contributed by atoms with Crippen molar-refractivity contribution in [3.05, 3.63) is 79.0 Å². The van der Waals surface area contributed by atoms with Crippen LogP contribution in [0, 0.1) is 0 Å². The highest BCUT2D eigenvalue weighted by Gasteiger charge is 2.09. The van der Waals surface area contributed by atoms with Gasteiger partial charge in [-0.3, -0.25) is 4.31 Å². The first-order chi connectivity index (χ1) is 12.5. The second kappa shape index (κ2) is 9.79. The summed E-state index contributed by atoms with van der Waals surface area (Å²) in [4.78, 5) is 8.63. The van der Waals surface area contributed by atoms with E-state index in [4.69, 9.17) is 4.74 Å². The van der Waals surface area contributed by atoms with Crippen LogP contribution in [0.5, 0.6) is 0 Å². The number of ether oxygens (including phenoxy) is 1. The Hall–Kier alpha value is -2.57. The predicted octanol–water partition coefficient (Wildman–Crippen LogP) is 4.66. The van der Waals surface area contributed by atoms with Crippen molar-refractivity contribution in [2.45, 2.75) is 5.75 Å². The van der Waals surface area contributed by atoms with E-state index in [1.165, 1.54) is 11.9 Å². The third kappa shape index (κ3) is 5.75. The van der Waals surface area contributed by atoms with Gasteiger partial charge in [-0.25, -0.2) is 9.97 Å². The average Bonchev–Trinajstić information content (AvgIpc) is 2.64. The number of benzene rings is 1.